The predicted molar refractivity (Wildman–Crippen MR) is 61.9 cm³/mol. The van der Waals surface area contributed by atoms with Crippen molar-refractivity contribution in [3.63, 3.8) is 0 Å². The van der Waals surface area contributed by atoms with Gasteiger partial charge in [-0.25, -0.2) is 0 Å². The van der Waals surface area contributed by atoms with Gasteiger partial charge in [-0.05, 0) is 12.8 Å². The molecule has 0 radical (unpaired) electrons. The van der Waals surface area contributed by atoms with Gasteiger partial charge in [0.1, 0.15) is 11.5 Å². The molecule has 2 aromatic rings. The molecule has 3 heteroatoms. The first-order chi connectivity index (χ1) is 7.84. The highest BCUT2D eigenvalue weighted by Crippen LogP contribution is 2.30. The van der Waals surface area contributed by atoms with Gasteiger partial charge in [0, 0.05) is 23.6 Å². The zero-order valence-corrected chi connectivity index (χ0v) is 9.02. The number of hydrogen-bond donors (Lipinski definition) is 1. The van der Waals surface area contributed by atoms with E-state index < -0.39 is 0 Å². The van der Waals surface area contributed by atoms with Crippen LogP contribution in [0.5, 0.6) is 0 Å². The highest BCUT2D eigenvalue weighted by atomic mass is 16.5. The van der Waals surface area contributed by atoms with Crippen molar-refractivity contribution >= 4 is 0 Å². The second-order valence-electron chi connectivity index (χ2n) is 4.30. The van der Waals surface area contributed by atoms with Crippen molar-refractivity contribution in [1.29, 1.82) is 0 Å². The first kappa shape index (κ1) is 9.60. The van der Waals surface area contributed by atoms with Gasteiger partial charge in [-0.15, -0.1) is 0 Å². The van der Waals surface area contributed by atoms with Crippen LogP contribution < -0.4 is 5.73 Å². The maximum Gasteiger partial charge on any atom is 0.140 e. The Balaban J connectivity index is 2.07. The summed E-state index contributed by atoms with van der Waals surface area (Å²) in [5, 5.41) is 4.17. The minimum absolute atomic E-state index is 0.245. The Bertz CT molecular complexity index is 490. The van der Waals surface area contributed by atoms with Gasteiger partial charge >= 0.3 is 0 Å². The van der Waals surface area contributed by atoms with E-state index in [1.807, 2.05) is 18.2 Å². The Morgan fingerprint density at radius 3 is 2.88 bits per heavy atom. The first-order valence-corrected chi connectivity index (χ1v) is 5.63. The molecule has 0 saturated carbocycles. The third-order valence-corrected chi connectivity index (χ3v) is 3.13. The standard InChI is InChI=1S/C13H14N2O/c14-10-6-7-12-11(8-10)13(15-16-12)9-4-2-1-3-5-9/h1-5,10H,6-8,14H2. The molecule has 0 aliphatic heterocycles. The summed E-state index contributed by atoms with van der Waals surface area (Å²) >= 11 is 0. The number of fused-ring (bicyclic) bond motifs is 1. The van der Waals surface area contributed by atoms with E-state index in [0.29, 0.717) is 0 Å². The molecule has 1 unspecified atom stereocenters. The van der Waals surface area contributed by atoms with Crippen molar-refractivity contribution in [2.24, 2.45) is 5.73 Å². The summed E-state index contributed by atoms with van der Waals surface area (Å²) in [5.41, 5.74) is 9.26. The fourth-order valence-electron chi connectivity index (χ4n) is 2.25. The number of aromatic nitrogens is 1. The second kappa shape index (κ2) is 3.76. The maximum absolute atomic E-state index is 5.99. The van der Waals surface area contributed by atoms with E-state index >= 15 is 0 Å². The normalized spacial score (nSPS) is 19.4. The Hall–Kier alpha value is -1.61. The van der Waals surface area contributed by atoms with Gasteiger partial charge in [-0.2, -0.15) is 0 Å². The van der Waals surface area contributed by atoms with E-state index in [1.54, 1.807) is 0 Å². The highest BCUT2D eigenvalue weighted by molar-refractivity contribution is 5.63. The van der Waals surface area contributed by atoms with Crippen LogP contribution in [0.3, 0.4) is 0 Å². The van der Waals surface area contributed by atoms with Crippen LogP contribution >= 0.6 is 0 Å². The second-order valence-corrected chi connectivity index (χ2v) is 4.30. The summed E-state index contributed by atoms with van der Waals surface area (Å²) in [6, 6.07) is 10.4. The van der Waals surface area contributed by atoms with Crippen LogP contribution in [-0.4, -0.2) is 11.2 Å². The number of benzene rings is 1. The molecule has 0 bridgehead atoms. The molecule has 1 aromatic carbocycles. The van der Waals surface area contributed by atoms with Gasteiger partial charge in [0.15, 0.2) is 0 Å². The first-order valence-electron chi connectivity index (χ1n) is 5.63. The van der Waals surface area contributed by atoms with Crippen LogP contribution in [0.25, 0.3) is 11.3 Å². The number of hydrogen-bond acceptors (Lipinski definition) is 3. The van der Waals surface area contributed by atoms with E-state index in [9.17, 15) is 0 Å². The summed E-state index contributed by atoms with van der Waals surface area (Å²) in [6.07, 6.45) is 2.79. The van der Waals surface area contributed by atoms with E-state index in [2.05, 4.69) is 17.3 Å². The Morgan fingerprint density at radius 2 is 2.06 bits per heavy atom. The van der Waals surface area contributed by atoms with Crippen LogP contribution in [-0.2, 0) is 12.8 Å². The van der Waals surface area contributed by atoms with Crippen LogP contribution in [0.1, 0.15) is 17.7 Å². The van der Waals surface area contributed by atoms with E-state index in [-0.39, 0.29) is 6.04 Å². The van der Waals surface area contributed by atoms with Crippen molar-refractivity contribution in [1.82, 2.24) is 5.16 Å². The molecule has 3 rings (SSSR count). The quantitative estimate of drug-likeness (QED) is 0.791. The largest absolute Gasteiger partial charge is 0.360 e. The van der Waals surface area contributed by atoms with E-state index in [0.717, 1.165) is 36.3 Å². The van der Waals surface area contributed by atoms with Crippen LogP contribution in [0.4, 0.5) is 0 Å². The number of aryl methyl sites for hydroxylation is 1. The third kappa shape index (κ3) is 1.53. The lowest BCUT2D eigenvalue weighted by Gasteiger charge is -2.16. The Labute approximate surface area is 94.2 Å². The molecular weight excluding hydrogens is 200 g/mol. The van der Waals surface area contributed by atoms with Crippen molar-refractivity contribution in [2.75, 3.05) is 0 Å². The molecule has 3 nitrogen and oxygen atoms in total. The topological polar surface area (TPSA) is 52.0 Å². The molecule has 16 heavy (non-hydrogen) atoms. The molecule has 82 valence electrons. The fraction of sp³-hybridized carbons (Fsp3) is 0.308. The van der Waals surface area contributed by atoms with Crippen molar-refractivity contribution < 1.29 is 4.52 Å². The minimum atomic E-state index is 0.245. The third-order valence-electron chi connectivity index (χ3n) is 3.13. The van der Waals surface area contributed by atoms with Gasteiger partial charge in [-0.1, -0.05) is 35.5 Å². The molecule has 0 fully saturated rings. The summed E-state index contributed by atoms with van der Waals surface area (Å²) in [5.74, 6) is 1.01. The van der Waals surface area contributed by atoms with Gasteiger partial charge in [-0.3, -0.25) is 0 Å². The molecule has 1 aliphatic rings. The lowest BCUT2D eigenvalue weighted by molar-refractivity contribution is 0.367. The van der Waals surface area contributed by atoms with Gasteiger partial charge in [0.2, 0.25) is 0 Å². The minimum Gasteiger partial charge on any atom is -0.360 e. The van der Waals surface area contributed by atoms with Gasteiger partial charge < -0.3 is 10.3 Å². The average Bonchev–Trinajstić information content (AvgIpc) is 2.73. The van der Waals surface area contributed by atoms with Crippen LogP contribution in [0.2, 0.25) is 0 Å². The van der Waals surface area contributed by atoms with Crippen molar-refractivity contribution in [2.45, 2.75) is 25.3 Å². The number of nitrogens with zero attached hydrogens (tertiary/aromatic N) is 1. The predicted octanol–water partition coefficient (Wildman–Crippen LogP) is 2.16. The lowest BCUT2D eigenvalue weighted by Crippen LogP contribution is -2.27. The zero-order valence-electron chi connectivity index (χ0n) is 9.02. The molecule has 1 atom stereocenters. The van der Waals surface area contributed by atoms with E-state index in [4.69, 9.17) is 10.3 Å². The monoisotopic (exact) mass is 214 g/mol. The summed E-state index contributed by atoms with van der Waals surface area (Å²) in [4.78, 5) is 0. The molecular formula is C13H14N2O. The smallest absolute Gasteiger partial charge is 0.140 e. The van der Waals surface area contributed by atoms with Crippen LogP contribution in [0, 0.1) is 0 Å². The zero-order chi connectivity index (χ0) is 11.0. The fourth-order valence-corrected chi connectivity index (χ4v) is 2.25. The summed E-state index contributed by atoms with van der Waals surface area (Å²) < 4.78 is 5.38. The van der Waals surface area contributed by atoms with Crippen LogP contribution in [0.15, 0.2) is 34.9 Å². The maximum atomic E-state index is 5.99. The number of nitrogens with two attached hydrogens (primary N) is 1. The SMILES string of the molecule is NC1CCc2onc(-c3ccccc3)c2C1. The Morgan fingerprint density at radius 1 is 1.25 bits per heavy atom. The van der Waals surface area contributed by atoms with Gasteiger partial charge in [0.05, 0.1) is 0 Å². The van der Waals surface area contributed by atoms with Crippen molar-refractivity contribution in [3.05, 3.63) is 41.7 Å². The molecule has 0 amide bonds. The molecule has 1 aromatic heterocycles. The lowest BCUT2D eigenvalue weighted by atomic mass is 9.91. The average molecular weight is 214 g/mol. The summed E-state index contributed by atoms with van der Waals surface area (Å²) in [6.45, 7) is 0. The molecule has 2 N–H and O–H groups in total. The molecule has 1 aliphatic carbocycles. The summed E-state index contributed by atoms with van der Waals surface area (Å²) in [7, 11) is 0. The van der Waals surface area contributed by atoms with Crippen molar-refractivity contribution in [3.8, 4) is 11.3 Å². The number of rotatable bonds is 1. The molecule has 0 saturated heterocycles. The molecule has 0 spiro atoms. The van der Waals surface area contributed by atoms with Gasteiger partial charge in [0.25, 0.3) is 0 Å². The Kier molecular flexibility index (Phi) is 2.26. The molecule has 1 heterocycles. The highest BCUT2D eigenvalue weighted by Gasteiger charge is 2.24. The van der Waals surface area contributed by atoms with E-state index in [1.165, 1.54) is 5.56 Å².